The molecule has 8 nitrogen and oxygen atoms in total. The lowest BCUT2D eigenvalue weighted by molar-refractivity contribution is -0.121. The lowest BCUT2D eigenvalue weighted by atomic mass is 10.2. The lowest BCUT2D eigenvalue weighted by Crippen LogP contribution is -2.42. The smallest absolute Gasteiger partial charge is 0.222 e. The van der Waals surface area contributed by atoms with E-state index in [9.17, 15) is 13.2 Å². The molecule has 0 spiro atoms. The van der Waals surface area contributed by atoms with Crippen molar-refractivity contribution in [2.24, 2.45) is 4.99 Å². The third kappa shape index (κ3) is 7.86. The summed E-state index contributed by atoms with van der Waals surface area (Å²) in [6.45, 7) is 3.49. The number of sulfone groups is 1. The van der Waals surface area contributed by atoms with Crippen LogP contribution in [-0.2, 0) is 14.6 Å². The molecule has 0 radical (unpaired) electrons. The van der Waals surface area contributed by atoms with Crippen LogP contribution in [0.4, 0.5) is 0 Å². The van der Waals surface area contributed by atoms with Crippen LogP contribution in [0.1, 0.15) is 18.4 Å². The summed E-state index contributed by atoms with van der Waals surface area (Å²) in [7, 11) is -1.33. The average molecular weight is 397 g/mol. The summed E-state index contributed by atoms with van der Waals surface area (Å²) in [6, 6.07) is 7.58. The Morgan fingerprint density at radius 2 is 1.93 bits per heavy atom. The summed E-state index contributed by atoms with van der Waals surface area (Å²) in [5.74, 6) is 1.42. The van der Waals surface area contributed by atoms with Gasteiger partial charge in [0.2, 0.25) is 5.91 Å². The van der Waals surface area contributed by atoms with Gasteiger partial charge in [-0.2, -0.15) is 0 Å². The summed E-state index contributed by atoms with van der Waals surface area (Å²) in [5.41, 5.74) is 1.18. The summed E-state index contributed by atoms with van der Waals surface area (Å²) in [4.78, 5) is 16.0. The minimum atomic E-state index is -2.99. The fraction of sp³-hybridized carbons (Fsp3) is 0.556. The summed E-state index contributed by atoms with van der Waals surface area (Å²) < 4.78 is 28.4. The first kappa shape index (κ1) is 21.0. The number of nitrogens with zero attached hydrogens (tertiary/aromatic N) is 1. The van der Waals surface area contributed by atoms with E-state index in [2.05, 4.69) is 20.9 Å². The average Bonchev–Trinajstić information content (AvgIpc) is 2.96. The molecule has 3 N–H and O–H groups in total. The number of nitrogens with one attached hydrogen (secondary N) is 3. The Bertz CT molecular complexity index is 747. The number of aliphatic imine (C=N–C) groups is 1. The predicted molar refractivity (Wildman–Crippen MR) is 106 cm³/mol. The Morgan fingerprint density at radius 3 is 2.56 bits per heavy atom. The van der Waals surface area contributed by atoms with Gasteiger partial charge < -0.3 is 20.7 Å². The van der Waals surface area contributed by atoms with Crippen LogP contribution in [0.15, 0.2) is 29.3 Å². The van der Waals surface area contributed by atoms with Crippen LogP contribution < -0.4 is 20.7 Å². The van der Waals surface area contributed by atoms with E-state index >= 15 is 0 Å². The first-order chi connectivity index (χ1) is 12.9. The van der Waals surface area contributed by atoms with Gasteiger partial charge in [-0.15, -0.1) is 0 Å². The molecule has 0 bridgehead atoms. The van der Waals surface area contributed by atoms with Crippen molar-refractivity contribution in [1.82, 2.24) is 16.0 Å². The van der Waals surface area contributed by atoms with Gasteiger partial charge in [0.05, 0.1) is 18.1 Å². The number of benzene rings is 1. The van der Waals surface area contributed by atoms with Crippen LogP contribution >= 0.6 is 0 Å². The number of guanidine groups is 1. The van der Waals surface area contributed by atoms with Crippen molar-refractivity contribution in [1.29, 1.82) is 0 Å². The Balaban J connectivity index is 1.58. The SMILES string of the molecule is CN=C(NCCOc1ccc(C)cc1)NCCC(=O)NC1CCS(=O)(=O)C1. The maximum absolute atomic E-state index is 11.9. The van der Waals surface area contributed by atoms with Gasteiger partial charge in [0, 0.05) is 26.1 Å². The fourth-order valence-electron chi connectivity index (χ4n) is 2.70. The zero-order chi connectivity index (χ0) is 19.7. The topological polar surface area (TPSA) is 109 Å². The molecule has 2 rings (SSSR count). The van der Waals surface area contributed by atoms with Crippen LogP contribution in [-0.4, -0.2) is 64.6 Å². The van der Waals surface area contributed by atoms with E-state index in [4.69, 9.17) is 4.74 Å². The Morgan fingerprint density at radius 1 is 1.22 bits per heavy atom. The molecule has 27 heavy (non-hydrogen) atoms. The van der Waals surface area contributed by atoms with Crippen molar-refractivity contribution in [2.75, 3.05) is 38.2 Å². The first-order valence-corrected chi connectivity index (χ1v) is 10.8. The molecule has 1 aliphatic heterocycles. The molecule has 1 fully saturated rings. The molecule has 1 amide bonds. The quantitative estimate of drug-likeness (QED) is 0.330. The minimum Gasteiger partial charge on any atom is -0.492 e. The van der Waals surface area contributed by atoms with Gasteiger partial charge in [0.1, 0.15) is 12.4 Å². The monoisotopic (exact) mass is 396 g/mol. The molecule has 1 atom stereocenters. The van der Waals surface area contributed by atoms with E-state index < -0.39 is 9.84 Å². The Kier molecular flexibility index (Phi) is 7.90. The normalized spacial score (nSPS) is 18.7. The van der Waals surface area contributed by atoms with Gasteiger partial charge in [-0.1, -0.05) is 17.7 Å². The number of ether oxygens (including phenoxy) is 1. The largest absolute Gasteiger partial charge is 0.492 e. The molecule has 1 aromatic carbocycles. The zero-order valence-corrected chi connectivity index (χ0v) is 16.6. The zero-order valence-electron chi connectivity index (χ0n) is 15.8. The van der Waals surface area contributed by atoms with Gasteiger partial charge in [0.15, 0.2) is 15.8 Å². The summed E-state index contributed by atoms with van der Waals surface area (Å²) >= 11 is 0. The van der Waals surface area contributed by atoms with Gasteiger partial charge in [-0.05, 0) is 25.5 Å². The standard InChI is InChI=1S/C18H28N4O4S/c1-14-3-5-16(6-4-14)26-11-10-21-18(19-2)20-9-7-17(23)22-15-8-12-27(24,25)13-15/h3-6,15H,7-13H2,1-2H3,(H,22,23)(H2,19,20,21). The Labute approximate surface area is 160 Å². The van der Waals surface area contributed by atoms with Crippen LogP contribution in [0.3, 0.4) is 0 Å². The highest BCUT2D eigenvalue weighted by Gasteiger charge is 2.28. The van der Waals surface area contributed by atoms with Crippen LogP contribution in [0.5, 0.6) is 5.75 Å². The number of carbonyl (C=O) groups is 1. The predicted octanol–water partition coefficient (Wildman–Crippen LogP) is 0.232. The highest BCUT2D eigenvalue weighted by molar-refractivity contribution is 7.91. The summed E-state index contributed by atoms with van der Waals surface area (Å²) in [6.07, 6.45) is 0.739. The molecule has 0 saturated carbocycles. The van der Waals surface area contributed by atoms with E-state index in [0.717, 1.165) is 5.75 Å². The van der Waals surface area contributed by atoms with Crippen LogP contribution in [0, 0.1) is 6.92 Å². The third-order valence-corrected chi connectivity index (χ3v) is 5.92. The van der Waals surface area contributed by atoms with Crippen molar-refractivity contribution in [2.45, 2.75) is 25.8 Å². The number of amides is 1. The van der Waals surface area contributed by atoms with E-state index in [1.165, 1.54) is 5.56 Å². The maximum Gasteiger partial charge on any atom is 0.222 e. The second kappa shape index (κ2) is 10.1. The van der Waals surface area contributed by atoms with Crippen molar-refractivity contribution in [3.63, 3.8) is 0 Å². The van der Waals surface area contributed by atoms with Gasteiger partial charge >= 0.3 is 0 Å². The molecule has 0 aromatic heterocycles. The van der Waals surface area contributed by atoms with Crippen molar-refractivity contribution < 1.29 is 17.9 Å². The maximum atomic E-state index is 11.9. The van der Waals surface area contributed by atoms with E-state index in [0.29, 0.717) is 32.1 Å². The number of carbonyl (C=O) groups excluding carboxylic acids is 1. The number of hydrogen-bond donors (Lipinski definition) is 3. The molecule has 1 heterocycles. The number of rotatable bonds is 8. The number of aryl methyl sites for hydroxylation is 1. The van der Waals surface area contributed by atoms with Crippen LogP contribution in [0.25, 0.3) is 0 Å². The molecule has 1 saturated heterocycles. The fourth-order valence-corrected chi connectivity index (χ4v) is 4.37. The molecule has 9 heteroatoms. The molecular weight excluding hydrogens is 368 g/mol. The number of hydrogen-bond acceptors (Lipinski definition) is 5. The van der Waals surface area contributed by atoms with E-state index in [-0.39, 0.29) is 29.9 Å². The molecule has 1 aromatic rings. The van der Waals surface area contributed by atoms with Crippen molar-refractivity contribution in [3.05, 3.63) is 29.8 Å². The van der Waals surface area contributed by atoms with E-state index in [1.807, 2.05) is 31.2 Å². The van der Waals surface area contributed by atoms with E-state index in [1.54, 1.807) is 7.05 Å². The Hall–Kier alpha value is -2.29. The molecule has 1 unspecified atom stereocenters. The second-order valence-electron chi connectivity index (χ2n) is 6.50. The molecule has 1 aliphatic rings. The first-order valence-electron chi connectivity index (χ1n) is 9.02. The third-order valence-electron chi connectivity index (χ3n) is 4.15. The highest BCUT2D eigenvalue weighted by atomic mass is 32.2. The molecule has 150 valence electrons. The second-order valence-corrected chi connectivity index (χ2v) is 8.73. The van der Waals surface area contributed by atoms with Crippen molar-refractivity contribution in [3.8, 4) is 5.75 Å². The summed E-state index contributed by atoms with van der Waals surface area (Å²) in [5, 5.41) is 8.93. The highest BCUT2D eigenvalue weighted by Crippen LogP contribution is 2.11. The van der Waals surface area contributed by atoms with Gasteiger partial charge in [0.25, 0.3) is 0 Å². The van der Waals surface area contributed by atoms with Crippen LogP contribution in [0.2, 0.25) is 0 Å². The van der Waals surface area contributed by atoms with Gasteiger partial charge in [-0.25, -0.2) is 8.42 Å². The van der Waals surface area contributed by atoms with Crippen molar-refractivity contribution >= 4 is 21.7 Å². The molecule has 0 aliphatic carbocycles. The minimum absolute atomic E-state index is 0.0381. The van der Waals surface area contributed by atoms with Gasteiger partial charge in [-0.3, -0.25) is 9.79 Å². The lowest BCUT2D eigenvalue weighted by Gasteiger charge is -2.14. The molecular formula is C18H28N4O4S.